The molecule has 0 radical (unpaired) electrons. The number of hydrogen-bond donors (Lipinski definition) is 2. The summed E-state index contributed by atoms with van der Waals surface area (Å²) >= 11 is 0. The van der Waals surface area contributed by atoms with Gasteiger partial charge in [0.25, 0.3) is 11.5 Å². The number of nitrogens with one attached hydrogen (secondary N) is 2. The molecule has 0 fully saturated rings. The van der Waals surface area contributed by atoms with E-state index in [-0.39, 0.29) is 24.5 Å². The van der Waals surface area contributed by atoms with Crippen molar-refractivity contribution in [3.63, 3.8) is 0 Å². The highest BCUT2D eigenvalue weighted by Gasteiger charge is 2.08. The molecule has 0 spiro atoms. The Kier molecular flexibility index (Phi) is 5.24. The maximum Gasteiger partial charge on any atom is 0.306 e. The monoisotopic (exact) mass is 303 g/mol. The Balaban J connectivity index is 1.88. The quantitative estimate of drug-likeness (QED) is 0.758. The van der Waals surface area contributed by atoms with Crippen molar-refractivity contribution in [2.75, 3.05) is 13.7 Å². The van der Waals surface area contributed by atoms with Crippen molar-refractivity contribution in [3.8, 4) is 0 Å². The minimum atomic E-state index is -0.452. The molecule has 0 aliphatic rings. The molecule has 2 aromatic rings. The molecule has 2 rings (SSSR count). The van der Waals surface area contributed by atoms with Crippen LogP contribution in [0.1, 0.15) is 18.7 Å². The molecule has 0 aliphatic carbocycles. The van der Waals surface area contributed by atoms with Gasteiger partial charge in [0.2, 0.25) is 0 Å². The number of likely N-dealkylation sites (N-methyl/N-ethyl adjacent to an activating group) is 1. The number of esters is 1. The molecular formula is C15H17N3O4. The molecule has 2 N–H and O–H groups in total. The number of aromatic nitrogens is 2. The Labute approximate surface area is 126 Å². The zero-order chi connectivity index (χ0) is 15.9. The molecule has 0 saturated heterocycles. The third-order valence-corrected chi connectivity index (χ3v) is 3.10. The number of ether oxygens (including phenoxy) is 1. The first-order chi connectivity index (χ1) is 10.6. The molecule has 0 atom stereocenters. The van der Waals surface area contributed by atoms with Gasteiger partial charge in [-0.25, -0.2) is 4.98 Å². The molecule has 7 nitrogen and oxygen atoms in total. The minimum Gasteiger partial charge on any atom is -0.456 e. The maximum absolute atomic E-state index is 11.9. The van der Waals surface area contributed by atoms with Crippen molar-refractivity contribution >= 4 is 22.8 Å². The number of carbonyl (C=O) groups excluding carboxylic acids is 2. The maximum atomic E-state index is 11.9. The summed E-state index contributed by atoms with van der Waals surface area (Å²) in [6.45, 7) is -0.277. The molecule has 1 aromatic heterocycles. The number of aryl methyl sites for hydroxylation is 1. The van der Waals surface area contributed by atoms with E-state index in [1.54, 1.807) is 18.2 Å². The van der Waals surface area contributed by atoms with E-state index in [0.717, 1.165) is 0 Å². The lowest BCUT2D eigenvalue weighted by molar-refractivity contribution is -0.148. The molecule has 22 heavy (non-hydrogen) atoms. The second kappa shape index (κ2) is 7.35. The first-order valence-corrected chi connectivity index (χ1v) is 6.94. The topological polar surface area (TPSA) is 101 Å². The predicted octanol–water partition coefficient (Wildman–Crippen LogP) is 0.535. The van der Waals surface area contributed by atoms with E-state index >= 15 is 0 Å². The highest BCUT2D eigenvalue weighted by molar-refractivity contribution is 5.80. The Morgan fingerprint density at radius 3 is 2.86 bits per heavy atom. The van der Waals surface area contributed by atoms with Crippen LogP contribution in [-0.4, -0.2) is 35.5 Å². The van der Waals surface area contributed by atoms with Gasteiger partial charge in [-0.2, -0.15) is 0 Å². The number of benzene rings is 1. The van der Waals surface area contributed by atoms with Gasteiger partial charge in [0, 0.05) is 19.9 Å². The molecule has 1 aromatic carbocycles. The second-order valence-corrected chi connectivity index (χ2v) is 4.72. The summed E-state index contributed by atoms with van der Waals surface area (Å²) in [6, 6.07) is 7.07. The van der Waals surface area contributed by atoms with Crippen LogP contribution in [0.4, 0.5) is 0 Å². The summed E-state index contributed by atoms with van der Waals surface area (Å²) in [5.41, 5.74) is 0.436. The Morgan fingerprint density at radius 1 is 1.32 bits per heavy atom. The number of amides is 1. The zero-order valence-corrected chi connectivity index (χ0v) is 12.2. The number of rotatable bonds is 6. The van der Waals surface area contributed by atoms with Crippen LogP contribution < -0.4 is 10.9 Å². The van der Waals surface area contributed by atoms with Crippen LogP contribution >= 0.6 is 0 Å². The molecule has 0 saturated carbocycles. The van der Waals surface area contributed by atoms with Gasteiger partial charge in [-0.05, 0) is 18.6 Å². The predicted molar refractivity (Wildman–Crippen MR) is 80.3 cm³/mol. The van der Waals surface area contributed by atoms with Gasteiger partial charge in [-0.3, -0.25) is 14.4 Å². The third-order valence-electron chi connectivity index (χ3n) is 3.10. The van der Waals surface area contributed by atoms with E-state index in [2.05, 4.69) is 15.3 Å². The Morgan fingerprint density at radius 2 is 2.09 bits per heavy atom. The normalized spacial score (nSPS) is 10.4. The molecular weight excluding hydrogens is 286 g/mol. The number of fused-ring (bicyclic) bond motifs is 1. The minimum absolute atomic E-state index is 0.160. The highest BCUT2D eigenvalue weighted by Crippen LogP contribution is 2.07. The molecule has 1 amide bonds. The van der Waals surface area contributed by atoms with E-state index in [4.69, 9.17) is 4.74 Å². The SMILES string of the molecule is CNC(=O)COC(=O)CCCc1nc2ccccc2c(=O)[nH]1. The fourth-order valence-corrected chi connectivity index (χ4v) is 1.94. The van der Waals surface area contributed by atoms with E-state index in [1.165, 1.54) is 7.05 Å². The average molecular weight is 303 g/mol. The molecule has 0 unspecified atom stereocenters. The summed E-state index contributed by atoms with van der Waals surface area (Å²) in [6.07, 6.45) is 1.09. The molecule has 0 aliphatic heterocycles. The standard InChI is InChI=1S/C15H17N3O4/c1-16-13(19)9-22-14(20)8-4-7-12-17-11-6-3-2-5-10(11)15(21)18-12/h2-3,5-6H,4,7-9H2,1H3,(H,16,19)(H,17,18,21). The number of H-pyrrole nitrogens is 1. The number of hydrogen-bond acceptors (Lipinski definition) is 5. The fraction of sp³-hybridized carbons (Fsp3) is 0.333. The van der Waals surface area contributed by atoms with Gasteiger partial charge in [0.1, 0.15) is 5.82 Å². The van der Waals surface area contributed by atoms with Crippen LogP contribution in [0, 0.1) is 0 Å². The van der Waals surface area contributed by atoms with Gasteiger partial charge >= 0.3 is 5.97 Å². The molecule has 0 bridgehead atoms. The summed E-state index contributed by atoms with van der Waals surface area (Å²) in [7, 11) is 1.47. The average Bonchev–Trinajstić information content (AvgIpc) is 2.52. The smallest absolute Gasteiger partial charge is 0.306 e. The van der Waals surface area contributed by atoms with E-state index in [1.807, 2.05) is 6.07 Å². The molecule has 1 heterocycles. The summed E-state index contributed by atoms with van der Waals surface area (Å²) < 4.78 is 4.78. The number of para-hydroxylation sites is 1. The highest BCUT2D eigenvalue weighted by atomic mass is 16.5. The van der Waals surface area contributed by atoms with Crippen LogP contribution in [0.5, 0.6) is 0 Å². The van der Waals surface area contributed by atoms with E-state index in [9.17, 15) is 14.4 Å². The lowest BCUT2D eigenvalue weighted by Gasteiger charge is -2.04. The number of aromatic amines is 1. The van der Waals surface area contributed by atoms with Crippen molar-refractivity contribution in [1.82, 2.24) is 15.3 Å². The van der Waals surface area contributed by atoms with Crippen LogP contribution in [0.3, 0.4) is 0 Å². The van der Waals surface area contributed by atoms with Crippen molar-refractivity contribution in [3.05, 3.63) is 40.4 Å². The molecule has 7 heteroatoms. The van der Waals surface area contributed by atoms with Crippen molar-refractivity contribution in [2.24, 2.45) is 0 Å². The van der Waals surface area contributed by atoms with E-state index < -0.39 is 5.97 Å². The lowest BCUT2D eigenvalue weighted by atomic mass is 10.2. The third kappa shape index (κ3) is 4.15. The van der Waals surface area contributed by atoms with E-state index in [0.29, 0.717) is 29.6 Å². The molecule has 116 valence electrons. The van der Waals surface area contributed by atoms with Gasteiger partial charge < -0.3 is 15.0 Å². The van der Waals surface area contributed by atoms with Crippen LogP contribution in [0.25, 0.3) is 10.9 Å². The zero-order valence-electron chi connectivity index (χ0n) is 12.2. The lowest BCUT2D eigenvalue weighted by Crippen LogP contribution is -2.25. The van der Waals surface area contributed by atoms with Crippen molar-refractivity contribution < 1.29 is 14.3 Å². The van der Waals surface area contributed by atoms with Gasteiger partial charge in [-0.15, -0.1) is 0 Å². The van der Waals surface area contributed by atoms with Crippen molar-refractivity contribution in [1.29, 1.82) is 0 Å². The van der Waals surface area contributed by atoms with Crippen LogP contribution in [-0.2, 0) is 20.7 Å². The van der Waals surface area contributed by atoms with Gasteiger partial charge in [0.05, 0.1) is 10.9 Å². The number of nitrogens with zero attached hydrogens (tertiary/aromatic N) is 1. The largest absolute Gasteiger partial charge is 0.456 e. The van der Waals surface area contributed by atoms with Crippen molar-refractivity contribution in [2.45, 2.75) is 19.3 Å². The fourth-order valence-electron chi connectivity index (χ4n) is 1.94. The summed E-state index contributed by atoms with van der Waals surface area (Å²) in [5, 5.41) is 2.90. The Hall–Kier alpha value is -2.70. The summed E-state index contributed by atoms with van der Waals surface area (Å²) in [5.74, 6) is -0.275. The summed E-state index contributed by atoms with van der Waals surface area (Å²) in [4.78, 5) is 41.3. The first-order valence-electron chi connectivity index (χ1n) is 6.94. The van der Waals surface area contributed by atoms with Gasteiger partial charge in [-0.1, -0.05) is 12.1 Å². The van der Waals surface area contributed by atoms with Crippen LogP contribution in [0.2, 0.25) is 0 Å². The first kappa shape index (κ1) is 15.7. The Bertz CT molecular complexity index is 739. The second-order valence-electron chi connectivity index (χ2n) is 4.72. The van der Waals surface area contributed by atoms with Crippen LogP contribution in [0.15, 0.2) is 29.1 Å². The van der Waals surface area contributed by atoms with Gasteiger partial charge in [0.15, 0.2) is 6.61 Å². The number of carbonyl (C=O) groups is 2.